The monoisotopic (exact) mass is 530 g/mol. The number of anilines is 4. The minimum absolute atomic E-state index is 0.218. The zero-order valence-electron chi connectivity index (χ0n) is 23.8. The molecule has 208 valence electrons. The van der Waals surface area contributed by atoms with Gasteiger partial charge in [-0.1, -0.05) is 26.0 Å². The number of benzene rings is 2. The van der Waals surface area contributed by atoms with Gasteiger partial charge in [0.05, 0.1) is 11.7 Å². The Morgan fingerprint density at radius 3 is 2.26 bits per heavy atom. The minimum atomic E-state index is -0.560. The fourth-order valence-electron chi connectivity index (χ4n) is 5.12. The first kappa shape index (κ1) is 28.5. The fraction of sp³-hybridized carbons (Fsp3) is 0.433. The summed E-state index contributed by atoms with van der Waals surface area (Å²) in [6, 6.07) is 17.3. The van der Waals surface area contributed by atoms with E-state index in [2.05, 4.69) is 87.5 Å². The van der Waals surface area contributed by atoms with E-state index in [4.69, 9.17) is 5.73 Å². The van der Waals surface area contributed by atoms with E-state index in [1.54, 1.807) is 13.1 Å². The molecule has 9 heteroatoms. The van der Waals surface area contributed by atoms with Crippen LogP contribution in [0.3, 0.4) is 0 Å². The van der Waals surface area contributed by atoms with Crippen LogP contribution in [0, 0.1) is 5.41 Å². The molecule has 4 rings (SSSR count). The number of nitrogens with two attached hydrogens (primary N) is 1. The number of amides is 1. The van der Waals surface area contributed by atoms with Gasteiger partial charge in [0.2, 0.25) is 11.9 Å². The number of carbonyl (C=O) groups excluding carboxylic acids is 1. The van der Waals surface area contributed by atoms with E-state index >= 15 is 0 Å². The van der Waals surface area contributed by atoms with Gasteiger partial charge < -0.3 is 26.2 Å². The van der Waals surface area contributed by atoms with Crippen molar-refractivity contribution in [1.29, 1.82) is 0 Å². The van der Waals surface area contributed by atoms with Gasteiger partial charge in [0.15, 0.2) is 0 Å². The van der Waals surface area contributed by atoms with Crippen molar-refractivity contribution in [2.24, 2.45) is 11.1 Å². The lowest BCUT2D eigenvalue weighted by Crippen LogP contribution is -2.50. The van der Waals surface area contributed by atoms with Crippen LogP contribution >= 0.6 is 0 Å². The van der Waals surface area contributed by atoms with Crippen molar-refractivity contribution < 1.29 is 4.79 Å². The number of nitrogens with one attached hydrogen (secondary N) is 2. The predicted molar refractivity (Wildman–Crippen MR) is 160 cm³/mol. The van der Waals surface area contributed by atoms with Crippen LogP contribution in [0.1, 0.15) is 20.8 Å². The maximum Gasteiger partial charge on any atom is 0.240 e. The Labute approximate surface area is 232 Å². The Bertz CT molecular complexity index is 1220. The van der Waals surface area contributed by atoms with Gasteiger partial charge >= 0.3 is 0 Å². The second kappa shape index (κ2) is 12.5. The molecule has 0 unspecified atom stereocenters. The highest BCUT2D eigenvalue weighted by atomic mass is 16.2. The van der Waals surface area contributed by atoms with E-state index in [0.29, 0.717) is 11.6 Å². The van der Waals surface area contributed by atoms with Crippen LogP contribution in [0.4, 0.5) is 23.0 Å². The molecule has 0 aliphatic carbocycles. The first-order valence-electron chi connectivity index (χ1n) is 13.6. The van der Waals surface area contributed by atoms with Gasteiger partial charge in [0.25, 0.3) is 0 Å². The number of hydrogen-bond donors (Lipinski definition) is 3. The van der Waals surface area contributed by atoms with Gasteiger partial charge in [-0.15, -0.1) is 0 Å². The summed E-state index contributed by atoms with van der Waals surface area (Å²) in [5, 5.41) is 6.11. The molecule has 2 heterocycles. The zero-order chi connectivity index (χ0) is 28.0. The van der Waals surface area contributed by atoms with Crippen LogP contribution in [0.5, 0.6) is 0 Å². The molecule has 0 spiro atoms. The molecule has 1 aliphatic rings. The number of piperazine rings is 1. The summed E-state index contributed by atoms with van der Waals surface area (Å²) >= 11 is 0. The molecule has 1 atom stereocenters. The van der Waals surface area contributed by atoms with Crippen molar-refractivity contribution in [3.63, 3.8) is 0 Å². The van der Waals surface area contributed by atoms with Crippen LogP contribution in [-0.4, -0.2) is 85.1 Å². The highest BCUT2D eigenvalue weighted by molar-refractivity contribution is 5.94. The first-order valence-corrected chi connectivity index (χ1v) is 13.6. The highest BCUT2D eigenvalue weighted by Gasteiger charge is 2.25. The quantitative estimate of drug-likeness (QED) is 0.363. The highest BCUT2D eigenvalue weighted by Crippen LogP contribution is 2.25. The molecular weight excluding hydrogens is 488 g/mol. The molecular formula is C30H42N8O. The first-order chi connectivity index (χ1) is 18.6. The second-order valence-corrected chi connectivity index (χ2v) is 11.5. The molecule has 0 bridgehead atoms. The number of carbonyl (C=O) groups is 1. The normalized spacial score (nSPS) is 15.3. The lowest BCUT2D eigenvalue weighted by Gasteiger charge is -2.40. The van der Waals surface area contributed by atoms with Gasteiger partial charge in [0, 0.05) is 68.1 Å². The van der Waals surface area contributed by atoms with Crippen molar-refractivity contribution in [2.45, 2.75) is 26.8 Å². The van der Waals surface area contributed by atoms with Crippen molar-refractivity contribution in [3.05, 3.63) is 60.8 Å². The summed E-state index contributed by atoms with van der Waals surface area (Å²) in [5.74, 6) is 0.313. The van der Waals surface area contributed by atoms with E-state index in [-0.39, 0.29) is 11.3 Å². The molecule has 39 heavy (non-hydrogen) atoms. The smallest absolute Gasteiger partial charge is 0.240 e. The molecule has 4 N–H and O–H groups in total. The molecule has 1 aromatic heterocycles. The van der Waals surface area contributed by atoms with Crippen molar-refractivity contribution >= 4 is 28.9 Å². The third-order valence-electron chi connectivity index (χ3n) is 6.77. The average Bonchev–Trinajstić information content (AvgIpc) is 2.89. The Balaban J connectivity index is 1.32. The third kappa shape index (κ3) is 8.23. The molecule has 2 aromatic carbocycles. The Hall–Kier alpha value is -3.53. The number of aromatic nitrogens is 2. The average molecular weight is 531 g/mol. The van der Waals surface area contributed by atoms with Gasteiger partial charge in [-0.05, 0) is 68.9 Å². The molecule has 1 fully saturated rings. The van der Waals surface area contributed by atoms with Crippen LogP contribution in [0.25, 0.3) is 11.3 Å². The van der Waals surface area contributed by atoms with E-state index in [1.165, 1.54) is 5.69 Å². The third-order valence-corrected chi connectivity index (χ3v) is 6.77. The molecule has 1 saturated heterocycles. The van der Waals surface area contributed by atoms with Gasteiger partial charge in [-0.25, -0.2) is 9.97 Å². The van der Waals surface area contributed by atoms with E-state index in [9.17, 15) is 4.79 Å². The summed E-state index contributed by atoms with van der Waals surface area (Å²) in [6.45, 7) is 12.8. The molecule has 9 nitrogen and oxygen atoms in total. The summed E-state index contributed by atoms with van der Waals surface area (Å²) in [5.41, 5.74) is 10.5. The summed E-state index contributed by atoms with van der Waals surface area (Å²) in [4.78, 5) is 28.2. The maximum atomic E-state index is 11.8. The molecule has 3 aromatic rings. The maximum absolute atomic E-state index is 11.8. The van der Waals surface area contributed by atoms with Crippen LogP contribution in [0.2, 0.25) is 0 Å². The van der Waals surface area contributed by atoms with Crippen LogP contribution < -0.4 is 21.3 Å². The SMILES string of the molecule is C[C@@H](N)C(=O)Nc1ccc(-c2ccnc(Nc3ccc(N4CCN(CC(C)(C)CN(C)C)CC4)cc3)n2)cc1. The topological polar surface area (TPSA) is 103 Å². The van der Waals surface area contributed by atoms with Gasteiger partial charge in [0.1, 0.15) is 0 Å². The van der Waals surface area contributed by atoms with E-state index in [1.807, 2.05) is 30.3 Å². The lowest BCUT2D eigenvalue weighted by molar-refractivity contribution is -0.117. The zero-order valence-corrected chi connectivity index (χ0v) is 23.8. The van der Waals surface area contributed by atoms with Crippen molar-refractivity contribution in [2.75, 3.05) is 68.9 Å². The standard InChI is InChI=1S/C30H42N8O/c1-22(31)28(39)33-24-8-6-23(7-9-24)27-14-15-32-29(35-27)34-25-10-12-26(13-11-25)38-18-16-37(17-19-38)21-30(2,3)20-36(4)5/h6-15,22H,16-21,31H2,1-5H3,(H,33,39)(H,32,34,35)/t22-/m1/s1. The Morgan fingerprint density at radius 2 is 1.64 bits per heavy atom. The predicted octanol–water partition coefficient (Wildman–Crippen LogP) is 3.88. The molecule has 0 radical (unpaired) electrons. The van der Waals surface area contributed by atoms with Gasteiger partial charge in [-0.2, -0.15) is 0 Å². The minimum Gasteiger partial charge on any atom is -0.369 e. The number of hydrogen-bond acceptors (Lipinski definition) is 8. The number of rotatable bonds is 10. The van der Waals surface area contributed by atoms with Crippen molar-refractivity contribution in [1.82, 2.24) is 19.8 Å². The Morgan fingerprint density at radius 1 is 1.00 bits per heavy atom. The molecule has 0 saturated carbocycles. The number of nitrogens with zero attached hydrogens (tertiary/aromatic N) is 5. The van der Waals surface area contributed by atoms with Crippen LogP contribution in [-0.2, 0) is 4.79 Å². The van der Waals surface area contributed by atoms with Crippen LogP contribution in [0.15, 0.2) is 60.8 Å². The second-order valence-electron chi connectivity index (χ2n) is 11.5. The summed E-state index contributed by atoms with van der Waals surface area (Å²) in [7, 11) is 4.29. The van der Waals surface area contributed by atoms with E-state index in [0.717, 1.165) is 56.2 Å². The summed E-state index contributed by atoms with van der Waals surface area (Å²) < 4.78 is 0. The largest absolute Gasteiger partial charge is 0.369 e. The van der Waals surface area contributed by atoms with Crippen molar-refractivity contribution in [3.8, 4) is 11.3 Å². The molecule has 1 amide bonds. The van der Waals surface area contributed by atoms with E-state index < -0.39 is 6.04 Å². The Kier molecular flexibility index (Phi) is 9.16. The summed E-state index contributed by atoms with van der Waals surface area (Å²) in [6.07, 6.45) is 1.74. The van der Waals surface area contributed by atoms with Gasteiger partial charge in [-0.3, -0.25) is 9.69 Å². The lowest BCUT2D eigenvalue weighted by atomic mass is 9.92. The fourth-order valence-corrected chi connectivity index (χ4v) is 5.12. The molecule has 1 aliphatic heterocycles.